The molecule has 0 spiro atoms. The number of hydrogen-bond acceptors (Lipinski definition) is 5. The molecule has 2 N–H and O–H groups in total. The fraction of sp³-hybridized carbons (Fsp3) is 0.857. The van der Waals surface area contributed by atoms with Gasteiger partial charge in [0.1, 0.15) is 6.04 Å². The van der Waals surface area contributed by atoms with Crippen LogP contribution in [0, 0.1) is 0 Å². The Hall–Kier alpha value is -0.650. The number of carbonyl (C=O) groups excluding carboxylic acids is 1. The largest absolute Gasteiger partial charge is 0.468 e. The minimum atomic E-state index is -0.702. The Morgan fingerprint density at radius 3 is 2.58 bits per heavy atom. The van der Waals surface area contributed by atoms with Crippen LogP contribution in [0.15, 0.2) is 0 Å². The zero-order chi connectivity index (χ0) is 9.40. The molecule has 1 atom stereocenters. The second kappa shape index (κ2) is 7.02. The van der Waals surface area contributed by atoms with Crippen LogP contribution < -0.4 is 5.73 Å². The second-order valence-corrected chi connectivity index (χ2v) is 2.20. The lowest BCUT2D eigenvalue weighted by Crippen LogP contribution is -2.36. The summed E-state index contributed by atoms with van der Waals surface area (Å²) in [7, 11) is 2.86. The Balaban J connectivity index is 3.31. The quantitative estimate of drug-likeness (QED) is 0.422. The maximum Gasteiger partial charge on any atom is 0.325 e. The summed E-state index contributed by atoms with van der Waals surface area (Å²) in [4.78, 5) is 10.7. The van der Waals surface area contributed by atoms with Crippen LogP contribution in [-0.4, -0.2) is 46.1 Å². The van der Waals surface area contributed by atoms with E-state index in [9.17, 15) is 4.79 Å². The number of hydrogen-bond donors (Lipinski definition) is 1. The molecule has 0 amide bonds. The van der Waals surface area contributed by atoms with Crippen LogP contribution in [0.5, 0.6) is 0 Å². The third kappa shape index (κ3) is 5.06. The molecule has 0 rings (SSSR count). The molecule has 0 aliphatic heterocycles. The Morgan fingerprint density at radius 1 is 1.42 bits per heavy atom. The highest BCUT2D eigenvalue weighted by Crippen LogP contribution is 1.85. The molecule has 0 bridgehead atoms. The second-order valence-electron chi connectivity index (χ2n) is 2.20. The number of carbonyl (C=O) groups is 1. The summed E-state index contributed by atoms with van der Waals surface area (Å²) in [5.74, 6) is -0.465. The molecule has 1 unspecified atom stereocenters. The average molecular weight is 177 g/mol. The van der Waals surface area contributed by atoms with Gasteiger partial charge in [-0.1, -0.05) is 0 Å². The Labute approximate surface area is 71.8 Å². The average Bonchev–Trinajstić information content (AvgIpc) is 2.10. The van der Waals surface area contributed by atoms with Crippen molar-refractivity contribution >= 4 is 5.97 Å². The van der Waals surface area contributed by atoms with E-state index < -0.39 is 12.0 Å². The summed E-state index contributed by atoms with van der Waals surface area (Å²) >= 11 is 0. The van der Waals surface area contributed by atoms with E-state index in [0.29, 0.717) is 13.2 Å². The predicted octanol–water partition coefficient (Wildman–Crippen LogP) is -0.850. The SMILES string of the molecule is COCCOCC(N)C(=O)OC. The van der Waals surface area contributed by atoms with Gasteiger partial charge in [0, 0.05) is 7.11 Å². The number of rotatable bonds is 6. The summed E-state index contributed by atoms with van der Waals surface area (Å²) < 4.78 is 14.1. The first-order valence-electron chi connectivity index (χ1n) is 3.62. The van der Waals surface area contributed by atoms with Gasteiger partial charge in [-0.3, -0.25) is 4.79 Å². The van der Waals surface area contributed by atoms with Crippen molar-refractivity contribution in [3.05, 3.63) is 0 Å². The molecule has 0 heterocycles. The van der Waals surface area contributed by atoms with E-state index in [2.05, 4.69) is 4.74 Å². The van der Waals surface area contributed by atoms with E-state index in [0.717, 1.165) is 0 Å². The van der Waals surface area contributed by atoms with Crippen molar-refractivity contribution in [1.82, 2.24) is 0 Å². The number of nitrogens with two attached hydrogens (primary N) is 1. The first kappa shape index (κ1) is 11.4. The van der Waals surface area contributed by atoms with E-state index in [-0.39, 0.29) is 6.61 Å². The highest BCUT2D eigenvalue weighted by molar-refractivity contribution is 5.75. The minimum absolute atomic E-state index is 0.163. The van der Waals surface area contributed by atoms with E-state index in [4.69, 9.17) is 15.2 Å². The number of ether oxygens (including phenoxy) is 3. The minimum Gasteiger partial charge on any atom is -0.468 e. The van der Waals surface area contributed by atoms with Crippen molar-refractivity contribution in [2.75, 3.05) is 34.0 Å². The fourth-order valence-electron chi connectivity index (χ4n) is 0.572. The van der Waals surface area contributed by atoms with Crippen LogP contribution in [0.3, 0.4) is 0 Å². The van der Waals surface area contributed by atoms with Gasteiger partial charge >= 0.3 is 5.97 Å². The van der Waals surface area contributed by atoms with Crippen molar-refractivity contribution in [3.63, 3.8) is 0 Å². The van der Waals surface area contributed by atoms with Gasteiger partial charge < -0.3 is 19.9 Å². The summed E-state index contributed by atoms with van der Waals surface area (Å²) in [5, 5.41) is 0. The zero-order valence-corrected chi connectivity index (χ0v) is 7.41. The van der Waals surface area contributed by atoms with Gasteiger partial charge in [0.15, 0.2) is 0 Å². The predicted molar refractivity (Wildman–Crippen MR) is 42.7 cm³/mol. The van der Waals surface area contributed by atoms with Crippen molar-refractivity contribution in [3.8, 4) is 0 Å². The fourth-order valence-corrected chi connectivity index (χ4v) is 0.572. The molecule has 0 aromatic rings. The molecule has 0 fully saturated rings. The standard InChI is InChI=1S/C7H15NO4/c1-10-3-4-12-5-6(8)7(9)11-2/h6H,3-5,8H2,1-2H3. The third-order valence-corrected chi connectivity index (χ3v) is 1.23. The molecule has 72 valence electrons. The molecule has 5 heteroatoms. The molecule has 0 aliphatic rings. The van der Waals surface area contributed by atoms with Crippen molar-refractivity contribution in [2.24, 2.45) is 5.73 Å². The summed E-state index contributed by atoms with van der Waals surface area (Å²) in [5.41, 5.74) is 5.37. The Kier molecular flexibility index (Phi) is 6.64. The lowest BCUT2D eigenvalue weighted by atomic mass is 10.3. The van der Waals surface area contributed by atoms with Gasteiger partial charge in [-0.25, -0.2) is 0 Å². The van der Waals surface area contributed by atoms with E-state index in [1.54, 1.807) is 7.11 Å². The molecule has 0 saturated heterocycles. The molecule has 0 radical (unpaired) electrons. The molecular formula is C7H15NO4. The monoisotopic (exact) mass is 177 g/mol. The molecule has 0 aliphatic carbocycles. The lowest BCUT2D eigenvalue weighted by Gasteiger charge is -2.08. The van der Waals surface area contributed by atoms with Gasteiger partial charge in [-0.15, -0.1) is 0 Å². The number of methoxy groups -OCH3 is 2. The topological polar surface area (TPSA) is 70.8 Å². The smallest absolute Gasteiger partial charge is 0.325 e. The molecule has 0 aromatic carbocycles. The normalized spacial score (nSPS) is 12.6. The molecule has 12 heavy (non-hydrogen) atoms. The lowest BCUT2D eigenvalue weighted by molar-refractivity contribution is -0.143. The van der Waals surface area contributed by atoms with Gasteiger partial charge in [0.2, 0.25) is 0 Å². The van der Waals surface area contributed by atoms with Gasteiger partial charge in [-0.2, -0.15) is 0 Å². The maximum absolute atomic E-state index is 10.7. The third-order valence-electron chi connectivity index (χ3n) is 1.23. The van der Waals surface area contributed by atoms with Crippen LogP contribution >= 0.6 is 0 Å². The Morgan fingerprint density at radius 2 is 2.08 bits per heavy atom. The Bertz CT molecular complexity index is 129. The first-order valence-corrected chi connectivity index (χ1v) is 3.62. The van der Waals surface area contributed by atoms with Crippen LogP contribution in [0.25, 0.3) is 0 Å². The zero-order valence-electron chi connectivity index (χ0n) is 7.41. The summed E-state index contributed by atoms with van der Waals surface area (Å²) in [6, 6.07) is -0.702. The van der Waals surface area contributed by atoms with Crippen molar-refractivity contribution < 1.29 is 19.0 Å². The maximum atomic E-state index is 10.7. The van der Waals surface area contributed by atoms with Crippen LogP contribution in [0.1, 0.15) is 0 Å². The van der Waals surface area contributed by atoms with Crippen LogP contribution in [0.2, 0.25) is 0 Å². The van der Waals surface area contributed by atoms with Crippen molar-refractivity contribution in [1.29, 1.82) is 0 Å². The van der Waals surface area contributed by atoms with E-state index >= 15 is 0 Å². The highest BCUT2D eigenvalue weighted by atomic mass is 16.5. The molecule has 5 nitrogen and oxygen atoms in total. The molecule has 0 aromatic heterocycles. The molecule has 0 saturated carbocycles. The van der Waals surface area contributed by atoms with Crippen LogP contribution in [0.4, 0.5) is 0 Å². The summed E-state index contributed by atoms with van der Waals surface area (Å²) in [6.45, 7) is 1.09. The number of esters is 1. The van der Waals surface area contributed by atoms with Gasteiger partial charge in [-0.05, 0) is 0 Å². The van der Waals surface area contributed by atoms with Gasteiger partial charge in [0.05, 0.1) is 26.9 Å². The van der Waals surface area contributed by atoms with Crippen LogP contribution in [-0.2, 0) is 19.0 Å². The molecular weight excluding hydrogens is 162 g/mol. The first-order chi connectivity index (χ1) is 5.72. The van der Waals surface area contributed by atoms with Crippen molar-refractivity contribution in [2.45, 2.75) is 6.04 Å². The van der Waals surface area contributed by atoms with Gasteiger partial charge in [0.25, 0.3) is 0 Å². The highest BCUT2D eigenvalue weighted by Gasteiger charge is 2.12. The van der Waals surface area contributed by atoms with E-state index in [1.165, 1.54) is 7.11 Å². The summed E-state index contributed by atoms with van der Waals surface area (Å²) in [6.07, 6.45) is 0. The van der Waals surface area contributed by atoms with E-state index in [1.807, 2.05) is 0 Å².